The van der Waals surface area contributed by atoms with Gasteiger partial charge in [-0.1, -0.05) is 27.7 Å². The van der Waals surface area contributed by atoms with Gasteiger partial charge in [0.15, 0.2) is 0 Å². The van der Waals surface area contributed by atoms with Gasteiger partial charge in [-0.3, -0.25) is 9.59 Å². The molecule has 0 bridgehead atoms. The first kappa shape index (κ1) is 23.2. The number of rotatable bonds is 9. The van der Waals surface area contributed by atoms with E-state index in [9.17, 15) is 24.0 Å². The minimum absolute atomic E-state index is 0.161. The third-order valence-electron chi connectivity index (χ3n) is 5.14. The lowest BCUT2D eigenvalue weighted by atomic mass is 9.75. The first-order valence-corrected chi connectivity index (χ1v) is 10.1. The van der Waals surface area contributed by atoms with Crippen molar-refractivity contribution in [3.63, 3.8) is 0 Å². The maximum absolute atomic E-state index is 13.1. The van der Waals surface area contributed by atoms with E-state index in [1.165, 1.54) is 12.1 Å². The zero-order valence-corrected chi connectivity index (χ0v) is 17.4. The summed E-state index contributed by atoms with van der Waals surface area (Å²) in [4.78, 5) is 27.4. The lowest BCUT2D eigenvalue weighted by Crippen LogP contribution is -2.61. The van der Waals surface area contributed by atoms with E-state index < -0.39 is 31.1 Å². The molecule has 1 fully saturated rings. The molecule has 1 saturated heterocycles. The quantitative estimate of drug-likeness (QED) is 0.459. The third-order valence-corrected chi connectivity index (χ3v) is 5.14. The smallest absolute Gasteiger partial charge is 0.426 e. The first-order valence-electron chi connectivity index (χ1n) is 10.1. The van der Waals surface area contributed by atoms with Gasteiger partial charge in [-0.05, 0) is 48.9 Å². The van der Waals surface area contributed by atoms with Crippen LogP contribution in [0, 0.1) is 17.7 Å². The van der Waals surface area contributed by atoms with Gasteiger partial charge in [0.25, 0.3) is 0 Å². The molecule has 2 rings (SSSR count). The van der Waals surface area contributed by atoms with Crippen LogP contribution >= 0.6 is 0 Å². The molecule has 1 aromatic rings. The Balaban J connectivity index is 2.02. The summed E-state index contributed by atoms with van der Waals surface area (Å²) in [6, 6.07) is 4.72. The Bertz CT molecular complexity index is 699. The Morgan fingerprint density at radius 1 is 1.17 bits per heavy atom. The molecular weight excluding hydrogens is 376 g/mol. The van der Waals surface area contributed by atoms with Crippen molar-refractivity contribution in [1.82, 2.24) is 10.6 Å². The molecule has 1 aliphatic rings. The Morgan fingerprint density at radius 2 is 1.79 bits per heavy atom. The highest BCUT2D eigenvalue weighted by Gasteiger charge is 2.37. The number of benzene rings is 1. The monoisotopic (exact) mass is 407 g/mol. The van der Waals surface area contributed by atoms with Crippen molar-refractivity contribution < 1.29 is 24.0 Å². The number of carbonyl (C=O) groups excluding carboxylic acids is 2. The van der Waals surface area contributed by atoms with Crippen molar-refractivity contribution >= 4 is 24.6 Å². The number of nitrogens with one attached hydrogen (secondary N) is 2. The molecule has 9 heteroatoms. The highest BCUT2D eigenvalue weighted by atomic mass is 19.1. The summed E-state index contributed by atoms with van der Waals surface area (Å²) >= 11 is 0. The Morgan fingerprint density at radius 3 is 2.24 bits per heavy atom. The number of anilines is 1. The van der Waals surface area contributed by atoms with Gasteiger partial charge in [0.2, 0.25) is 11.8 Å². The van der Waals surface area contributed by atoms with Crippen LogP contribution in [-0.2, 0) is 9.59 Å². The minimum Gasteiger partial charge on any atom is -0.426 e. The molecule has 0 radical (unpaired) electrons. The normalized spacial score (nSPS) is 18.2. The van der Waals surface area contributed by atoms with Crippen LogP contribution in [0.1, 0.15) is 40.5 Å². The molecule has 0 aliphatic carbocycles. The number of carbonyl (C=O) groups is 2. The second-order valence-corrected chi connectivity index (χ2v) is 8.36. The Labute approximate surface area is 171 Å². The van der Waals surface area contributed by atoms with Crippen molar-refractivity contribution in [1.29, 1.82) is 0 Å². The summed E-state index contributed by atoms with van der Waals surface area (Å²) in [6.07, 6.45) is 1.05. The number of nitrogens with zero attached hydrogens (tertiary/aromatic N) is 1. The molecular formula is C20H31BFN3O4. The highest BCUT2D eigenvalue weighted by Crippen LogP contribution is 2.27. The Hall–Kier alpha value is -2.13. The van der Waals surface area contributed by atoms with E-state index >= 15 is 0 Å². The van der Waals surface area contributed by atoms with Crippen LogP contribution in [0.15, 0.2) is 24.3 Å². The molecule has 29 heavy (non-hydrogen) atoms. The zero-order chi connectivity index (χ0) is 21.7. The van der Waals surface area contributed by atoms with Gasteiger partial charge >= 0.3 is 7.12 Å². The van der Waals surface area contributed by atoms with Gasteiger partial charge in [0, 0.05) is 12.2 Å². The van der Waals surface area contributed by atoms with E-state index in [1.807, 2.05) is 32.6 Å². The summed E-state index contributed by atoms with van der Waals surface area (Å²) in [5, 5.41) is 24.5. The molecule has 0 unspecified atom stereocenters. The summed E-state index contributed by atoms with van der Waals surface area (Å²) in [5.74, 6) is -1.89. The molecule has 1 heterocycles. The van der Waals surface area contributed by atoms with Gasteiger partial charge in [-0.2, -0.15) is 0 Å². The van der Waals surface area contributed by atoms with Crippen molar-refractivity contribution in [3.05, 3.63) is 30.1 Å². The summed E-state index contributed by atoms with van der Waals surface area (Å²) in [5.41, 5.74) is 0.753. The van der Waals surface area contributed by atoms with Gasteiger partial charge in [0.05, 0.1) is 5.94 Å². The van der Waals surface area contributed by atoms with Gasteiger partial charge in [-0.15, -0.1) is 0 Å². The topological polar surface area (TPSA) is 102 Å². The van der Waals surface area contributed by atoms with Crippen LogP contribution in [0.5, 0.6) is 0 Å². The van der Waals surface area contributed by atoms with Crippen molar-refractivity contribution in [3.8, 4) is 0 Å². The fourth-order valence-electron chi connectivity index (χ4n) is 3.42. The van der Waals surface area contributed by atoms with E-state index in [0.29, 0.717) is 19.4 Å². The predicted octanol–water partition coefficient (Wildman–Crippen LogP) is 1.09. The van der Waals surface area contributed by atoms with Crippen LogP contribution < -0.4 is 15.5 Å². The summed E-state index contributed by atoms with van der Waals surface area (Å²) in [6.45, 7) is 8.15. The first-order chi connectivity index (χ1) is 13.6. The number of hydrogen-bond donors (Lipinski definition) is 4. The Kier molecular flexibility index (Phi) is 8.04. The number of amides is 2. The van der Waals surface area contributed by atoms with E-state index in [4.69, 9.17) is 0 Å². The molecule has 7 nitrogen and oxygen atoms in total. The molecule has 3 atom stereocenters. The minimum atomic E-state index is -1.68. The second-order valence-electron chi connectivity index (χ2n) is 8.36. The van der Waals surface area contributed by atoms with Crippen molar-refractivity contribution in [2.75, 3.05) is 11.4 Å². The van der Waals surface area contributed by atoms with Crippen LogP contribution in [-0.4, -0.2) is 53.6 Å². The molecule has 1 aliphatic heterocycles. The number of hydrogen-bond acceptors (Lipinski definition) is 5. The maximum atomic E-state index is 13.1. The SMILES string of the molecule is CC(C)C[C@@H](NC(=O)[C@@H](NC(=O)[C@@H]1CCN1c1ccc(F)cc1)C(C)C)B(O)O. The van der Waals surface area contributed by atoms with Crippen LogP contribution in [0.3, 0.4) is 0 Å². The van der Waals surface area contributed by atoms with Gasteiger partial charge < -0.3 is 25.6 Å². The van der Waals surface area contributed by atoms with Crippen molar-refractivity contribution in [2.24, 2.45) is 11.8 Å². The average Bonchev–Trinajstić information content (AvgIpc) is 2.59. The van der Waals surface area contributed by atoms with E-state index in [0.717, 1.165) is 5.69 Å². The average molecular weight is 407 g/mol. The van der Waals surface area contributed by atoms with Crippen molar-refractivity contribution in [2.45, 2.75) is 58.6 Å². The van der Waals surface area contributed by atoms with Gasteiger partial charge in [-0.25, -0.2) is 4.39 Å². The lowest BCUT2D eigenvalue weighted by molar-refractivity contribution is -0.131. The van der Waals surface area contributed by atoms with Crippen LogP contribution in [0.25, 0.3) is 0 Å². The fourth-order valence-corrected chi connectivity index (χ4v) is 3.42. The predicted molar refractivity (Wildman–Crippen MR) is 110 cm³/mol. The maximum Gasteiger partial charge on any atom is 0.475 e. The second kappa shape index (κ2) is 10.1. The van der Waals surface area contributed by atoms with E-state index in [1.54, 1.807) is 12.1 Å². The molecule has 2 amide bonds. The molecule has 0 aromatic heterocycles. The molecule has 160 valence electrons. The third kappa shape index (κ3) is 6.17. The zero-order valence-electron chi connectivity index (χ0n) is 17.4. The summed E-state index contributed by atoms with van der Waals surface area (Å²) in [7, 11) is -1.68. The van der Waals surface area contributed by atoms with Crippen LogP contribution in [0.4, 0.5) is 10.1 Å². The molecule has 1 aromatic carbocycles. The van der Waals surface area contributed by atoms with E-state index in [2.05, 4.69) is 10.6 Å². The molecule has 0 spiro atoms. The van der Waals surface area contributed by atoms with Crippen LogP contribution in [0.2, 0.25) is 0 Å². The largest absolute Gasteiger partial charge is 0.475 e. The van der Waals surface area contributed by atoms with Gasteiger partial charge in [0.1, 0.15) is 17.9 Å². The molecule has 4 N–H and O–H groups in total. The molecule has 0 saturated carbocycles. The standard InChI is InChI=1S/C20H31BFN3O4/c1-12(2)11-17(21(28)29)23-20(27)18(13(3)4)24-19(26)16-9-10-25(16)15-7-5-14(22)6-8-15/h5-8,12-13,16-18,28-29H,9-11H2,1-4H3,(H,23,27)(H,24,26)/t16-,17+,18-/m0/s1. The summed E-state index contributed by atoms with van der Waals surface area (Å²) < 4.78 is 13.1. The fraction of sp³-hybridized carbons (Fsp3) is 0.600. The van der Waals surface area contributed by atoms with E-state index in [-0.39, 0.29) is 23.6 Å². The highest BCUT2D eigenvalue weighted by molar-refractivity contribution is 6.43. The lowest BCUT2D eigenvalue weighted by Gasteiger charge is -2.42. The number of halogens is 1.